The molecule has 0 spiro atoms. The van der Waals surface area contributed by atoms with Crippen LogP contribution in [0.15, 0.2) is 48.9 Å². The Kier molecular flexibility index (Phi) is 6.26. The van der Waals surface area contributed by atoms with Crippen LogP contribution in [-0.4, -0.2) is 25.4 Å². The van der Waals surface area contributed by atoms with Crippen LogP contribution in [0.25, 0.3) is 0 Å². The van der Waals surface area contributed by atoms with Crippen molar-refractivity contribution in [2.45, 2.75) is 6.42 Å². The van der Waals surface area contributed by atoms with Gasteiger partial charge in [0, 0.05) is 30.9 Å². The fourth-order valence-electron chi connectivity index (χ4n) is 2.49. The molecule has 0 unspecified atom stereocenters. The Bertz CT molecular complexity index is 1140. The van der Waals surface area contributed by atoms with E-state index < -0.39 is 27.7 Å². The van der Waals surface area contributed by atoms with Crippen LogP contribution in [-0.2, 0) is 16.6 Å². The zero-order valence-electron chi connectivity index (χ0n) is 15.1. The fraction of sp³-hybridized carbons (Fsp3) is 0.111. The van der Waals surface area contributed by atoms with E-state index in [1.807, 2.05) is 9.44 Å². The first-order valence-electron chi connectivity index (χ1n) is 8.28. The maximum atomic E-state index is 14.6. The summed E-state index contributed by atoms with van der Waals surface area (Å²) in [6.45, 7) is 0. The third-order valence-electron chi connectivity index (χ3n) is 3.87. The van der Waals surface area contributed by atoms with E-state index >= 15 is 0 Å². The Labute approximate surface area is 171 Å². The van der Waals surface area contributed by atoms with Gasteiger partial charge in [-0.3, -0.25) is 9.71 Å². The van der Waals surface area contributed by atoms with Crippen molar-refractivity contribution in [1.29, 1.82) is 0 Å². The summed E-state index contributed by atoms with van der Waals surface area (Å²) < 4.78 is 55.8. The van der Waals surface area contributed by atoms with Crippen LogP contribution in [0.2, 0.25) is 5.02 Å². The Morgan fingerprint density at radius 3 is 2.66 bits per heavy atom. The molecule has 3 N–H and O–H groups in total. The summed E-state index contributed by atoms with van der Waals surface area (Å²) in [6.07, 6.45) is 4.44. The Morgan fingerprint density at radius 2 is 1.93 bits per heavy atom. The standard InChI is InChI=1S/C18H16ClF2N5O2S/c1-22-29(27,28)26-18-17(21)12(4-5-24-18)6-11-7-14(10-23-9-11)25-16-3-2-13(19)8-15(16)20/h2-5,7-10,22,25H,6H2,1H3,(H,24,26). The van der Waals surface area contributed by atoms with E-state index in [0.717, 1.165) is 0 Å². The van der Waals surface area contributed by atoms with Gasteiger partial charge in [0.1, 0.15) is 5.82 Å². The fourth-order valence-corrected chi connectivity index (χ4v) is 3.15. The summed E-state index contributed by atoms with van der Waals surface area (Å²) >= 11 is 5.74. The molecule has 0 amide bonds. The van der Waals surface area contributed by atoms with Gasteiger partial charge in [0.05, 0.1) is 17.6 Å². The Hall–Kier alpha value is -2.82. The quantitative estimate of drug-likeness (QED) is 0.522. The molecule has 0 aliphatic rings. The summed E-state index contributed by atoms with van der Waals surface area (Å²) in [5.41, 5.74) is 1.55. The zero-order chi connectivity index (χ0) is 21.0. The molecular weight excluding hydrogens is 424 g/mol. The lowest BCUT2D eigenvalue weighted by Crippen LogP contribution is -2.27. The molecule has 0 fully saturated rings. The molecule has 152 valence electrons. The molecule has 0 aliphatic carbocycles. The molecule has 0 radical (unpaired) electrons. The highest BCUT2D eigenvalue weighted by atomic mass is 35.5. The van der Waals surface area contributed by atoms with Crippen LogP contribution in [0.5, 0.6) is 0 Å². The number of hydrogen-bond acceptors (Lipinski definition) is 5. The van der Waals surface area contributed by atoms with Crippen molar-refractivity contribution in [2.75, 3.05) is 17.1 Å². The van der Waals surface area contributed by atoms with E-state index in [4.69, 9.17) is 11.6 Å². The van der Waals surface area contributed by atoms with E-state index in [2.05, 4.69) is 15.3 Å². The predicted molar refractivity (Wildman–Crippen MR) is 108 cm³/mol. The lowest BCUT2D eigenvalue weighted by Gasteiger charge is -2.11. The highest BCUT2D eigenvalue weighted by molar-refractivity contribution is 7.90. The van der Waals surface area contributed by atoms with Gasteiger partial charge in [0.15, 0.2) is 11.6 Å². The SMILES string of the molecule is CNS(=O)(=O)Nc1nccc(Cc2cncc(Nc3ccc(Cl)cc3F)c2)c1F. The van der Waals surface area contributed by atoms with E-state index in [1.54, 1.807) is 12.1 Å². The minimum absolute atomic E-state index is 0.119. The second kappa shape index (κ2) is 8.68. The summed E-state index contributed by atoms with van der Waals surface area (Å²) in [7, 11) is -2.71. The Morgan fingerprint density at radius 1 is 1.14 bits per heavy atom. The van der Waals surface area contributed by atoms with Gasteiger partial charge < -0.3 is 5.32 Å². The lowest BCUT2D eigenvalue weighted by molar-refractivity contribution is 0.589. The number of anilines is 3. The van der Waals surface area contributed by atoms with Crippen molar-refractivity contribution >= 4 is 39.0 Å². The third kappa shape index (κ3) is 5.37. The summed E-state index contributed by atoms with van der Waals surface area (Å²) in [5, 5.41) is 3.16. The minimum Gasteiger partial charge on any atom is -0.352 e. The van der Waals surface area contributed by atoms with Crippen LogP contribution < -0.4 is 14.8 Å². The predicted octanol–water partition coefficient (Wildman–Crippen LogP) is 3.62. The first kappa shape index (κ1) is 20.9. The molecule has 11 heteroatoms. The molecule has 0 bridgehead atoms. The van der Waals surface area contributed by atoms with Gasteiger partial charge in [-0.05, 0) is 41.5 Å². The largest absolute Gasteiger partial charge is 0.352 e. The summed E-state index contributed by atoms with van der Waals surface area (Å²) in [6, 6.07) is 7.34. The minimum atomic E-state index is -3.90. The number of aromatic nitrogens is 2. The van der Waals surface area contributed by atoms with Gasteiger partial charge in [0.25, 0.3) is 10.2 Å². The van der Waals surface area contributed by atoms with Crippen molar-refractivity contribution < 1.29 is 17.2 Å². The molecule has 0 aliphatic heterocycles. The maximum Gasteiger partial charge on any atom is 0.300 e. The number of rotatable bonds is 7. The molecule has 7 nitrogen and oxygen atoms in total. The molecule has 0 atom stereocenters. The molecular formula is C18H16ClF2N5O2S. The molecule has 2 heterocycles. The van der Waals surface area contributed by atoms with Crippen molar-refractivity contribution in [2.24, 2.45) is 0 Å². The number of pyridine rings is 2. The Balaban J connectivity index is 1.82. The van der Waals surface area contributed by atoms with Crippen LogP contribution in [0.4, 0.5) is 26.0 Å². The molecule has 3 aromatic rings. The first-order valence-corrected chi connectivity index (χ1v) is 10.1. The summed E-state index contributed by atoms with van der Waals surface area (Å²) in [5.74, 6) is -1.74. The van der Waals surface area contributed by atoms with E-state index in [1.165, 1.54) is 43.8 Å². The van der Waals surface area contributed by atoms with Crippen LogP contribution in [0.1, 0.15) is 11.1 Å². The lowest BCUT2D eigenvalue weighted by atomic mass is 10.1. The number of nitrogens with one attached hydrogen (secondary N) is 3. The van der Waals surface area contributed by atoms with E-state index in [-0.39, 0.29) is 22.7 Å². The maximum absolute atomic E-state index is 14.6. The smallest absolute Gasteiger partial charge is 0.300 e. The number of benzene rings is 1. The van der Waals surface area contributed by atoms with Gasteiger partial charge in [-0.25, -0.2) is 18.5 Å². The normalized spacial score (nSPS) is 11.3. The van der Waals surface area contributed by atoms with Gasteiger partial charge >= 0.3 is 0 Å². The molecule has 0 saturated carbocycles. The van der Waals surface area contributed by atoms with Crippen LogP contribution in [0, 0.1) is 11.6 Å². The van der Waals surface area contributed by atoms with Crippen molar-refractivity contribution in [3.63, 3.8) is 0 Å². The zero-order valence-corrected chi connectivity index (χ0v) is 16.7. The van der Waals surface area contributed by atoms with Crippen LogP contribution in [0.3, 0.4) is 0 Å². The molecule has 0 saturated heterocycles. The number of halogens is 3. The average molecular weight is 440 g/mol. The van der Waals surface area contributed by atoms with Gasteiger partial charge in [-0.1, -0.05) is 11.6 Å². The first-order chi connectivity index (χ1) is 13.8. The molecule has 29 heavy (non-hydrogen) atoms. The highest BCUT2D eigenvalue weighted by Gasteiger charge is 2.15. The van der Waals surface area contributed by atoms with Gasteiger partial charge in [-0.2, -0.15) is 8.42 Å². The topological polar surface area (TPSA) is 96.0 Å². The molecule has 2 aromatic heterocycles. The van der Waals surface area contributed by atoms with Crippen molar-refractivity contribution in [3.8, 4) is 0 Å². The number of hydrogen-bond donors (Lipinski definition) is 3. The third-order valence-corrected chi connectivity index (χ3v) is 5.10. The van der Waals surface area contributed by atoms with Gasteiger partial charge in [0.2, 0.25) is 0 Å². The van der Waals surface area contributed by atoms with E-state index in [0.29, 0.717) is 11.3 Å². The summed E-state index contributed by atoms with van der Waals surface area (Å²) in [4.78, 5) is 7.80. The van der Waals surface area contributed by atoms with Crippen LogP contribution >= 0.6 is 11.6 Å². The molecule has 3 rings (SSSR count). The second-order valence-electron chi connectivity index (χ2n) is 5.95. The van der Waals surface area contributed by atoms with Gasteiger partial charge in [-0.15, -0.1) is 0 Å². The molecule has 1 aromatic carbocycles. The number of nitrogens with zero attached hydrogens (tertiary/aromatic N) is 2. The highest BCUT2D eigenvalue weighted by Crippen LogP contribution is 2.24. The van der Waals surface area contributed by atoms with E-state index in [9.17, 15) is 17.2 Å². The average Bonchev–Trinajstić information content (AvgIpc) is 2.67. The second-order valence-corrected chi connectivity index (χ2v) is 8.01. The van der Waals surface area contributed by atoms with Crippen molar-refractivity contribution in [1.82, 2.24) is 14.7 Å². The monoisotopic (exact) mass is 439 g/mol. The van der Waals surface area contributed by atoms with Crippen molar-refractivity contribution in [3.05, 3.63) is 76.7 Å².